The molecule has 0 saturated heterocycles. The molecule has 0 radical (unpaired) electrons. The molecule has 9 heteroatoms. The Morgan fingerprint density at radius 2 is 1.39 bits per heavy atom. The molecule has 0 aliphatic heterocycles. The lowest BCUT2D eigenvalue weighted by molar-refractivity contribution is -0.120. The highest BCUT2D eigenvalue weighted by molar-refractivity contribution is 6.45. The Hall–Kier alpha value is -2.77. The Balaban J connectivity index is 1.22. The zero-order valence-corrected chi connectivity index (χ0v) is 26.1. The van der Waals surface area contributed by atoms with Gasteiger partial charge in [0, 0.05) is 11.6 Å². The van der Waals surface area contributed by atoms with Crippen molar-refractivity contribution < 1.29 is 19.1 Å². The minimum atomic E-state index is -0.642. The van der Waals surface area contributed by atoms with E-state index in [0.29, 0.717) is 36.1 Å². The van der Waals surface area contributed by atoms with Crippen molar-refractivity contribution in [2.45, 2.75) is 44.9 Å². The van der Waals surface area contributed by atoms with Gasteiger partial charge < -0.3 is 14.8 Å². The monoisotopic (exact) mass is 619 g/mol. The lowest BCUT2D eigenvalue weighted by Crippen LogP contribution is -2.34. The number of nitrogens with one attached hydrogen (secondary N) is 1. The van der Waals surface area contributed by atoms with Crippen LogP contribution < -0.4 is 19.3 Å². The molecule has 41 heavy (non-hydrogen) atoms. The minimum Gasteiger partial charge on any atom is -0.494 e. The number of benzene rings is 3. The smallest absolute Gasteiger partial charge is 0.345 e. The van der Waals surface area contributed by atoms with Gasteiger partial charge in [-0.2, -0.15) is 0 Å². The van der Waals surface area contributed by atoms with E-state index >= 15 is 0 Å². The molecular formula is C32H38Cl3N2O4+. The van der Waals surface area contributed by atoms with E-state index in [1.54, 1.807) is 24.3 Å². The maximum Gasteiger partial charge on any atom is 0.345 e. The molecule has 0 unspecified atom stereocenters. The Kier molecular flexibility index (Phi) is 12.8. The lowest BCUT2D eigenvalue weighted by atomic mass is 10.1. The fourth-order valence-corrected chi connectivity index (χ4v) is 4.81. The summed E-state index contributed by atoms with van der Waals surface area (Å²) in [6.07, 6.45) is 6.77. The first-order valence-electron chi connectivity index (χ1n) is 13.8. The van der Waals surface area contributed by atoms with Crippen LogP contribution in [0.3, 0.4) is 0 Å². The van der Waals surface area contributed by atoms with Gasteiger partial charge in [-0.25, -0.2) is 4.79 Å². The van der Waals surface area contributed by atoms with Gasteiger partial charge in [0.15, 0.2) is 0 Å². The molecule has 0 fully saturated rings. The van der Waals surface area contributed by atoms with Crippen LogP contribution in [-0.4, -0.2) is 46.2 Å². The molecule has 3 aromatic rings. The van der Waals surface area contributed by atoms with Crippen LogP contribution in [0.4, 0.5) is 5.69 Å². The third-order valence-electron chi connectivity index (χ3n) is 6.48. The first kappa shape index (κ1) is 32.7. The number of nitrogens with zero attached hydrogens (tertiary/aromatic N) is 1. The van der Waals surface area contributed by atoms with E-state index in [9.17, 15) is 9.59 Å². The number of rotatable bonds is 15. The molecule has 1 amide bonds. The number of quaternary nitrogens is 1. The number of esters is 1. The van der Waals surface area contributed by atoms with Crippen LogP contribution in [0, 0.1) is 0 Å². The number of hydrogen-bond acceptors (Lipinski definition) is 4. The van der Waals surface area contributed by atoms with Gasteiger partial charge in [-0.1, -0.05) is 72.6 Å². The molecule has 0 aliphatic carbocycles. The molecule has 3 aromatic carbocycles. The molecule has 3 rings (SSSR count). The van der Waals surface area contributed by atoms with Crippen molar-refractivity contribution in [2.75, 3.05) is 34.3 Å². The van der Waals surface area contributed by atoms with Gasteiger partial charge in [0.2, 0.25) is 5.91 Å². The lowest BCUT2D eigenvalue weighted by Gasteiger charge is -2.23. The van der Waals surface area contributed by atoms with E-state index in [1.165, 1.54) is 17.8 Å². The number of amides is 1. The van der Waals surface area contributed by atoms with Gasteiger partial charge in [0.05, 0.1) is 49.8 Å². The van der Waals surface area contributed by atoms with Gasteiger partial charge in [-0.15, -0.1) is 0 Å². The van der Waals surface area contributed by atoms with Crippen LogP contribution in [0.15, 0.2) is 60.7 Å². The van der Waals surface area contributed by atoms with Crippen molar-refractivity contribution in [3.63, 3.8) is 0 Å². The van der Waals surface area contributed by atoms with Crippen LogP contribution in [0.5, 0.6) is 11.5 Å². The molecule has 0 spiro atoms. The second kappa shape index (κ2) is 16.0. The van der Waals surface area contributed by atoms with Crippen molar-refractivity contribution >= 4 is 52.4 Å². The number of ether oxygens (including phenoxy) is 2. The number of carbonyl (C=O) groups excluding carboxylic acids is 2. The zero-order valence-electron chi connectivity index (χ0n) is 23.9. The molecule has 0 aliphatic rings. The Bertz CT molecular complexity index is 1290. The van der Waals surface area contributed by atoms with Gasteiger partial charge in [0.25, 0.3) is 0 Å². The third-order valence-corrected chi connectivity index (χ3v) is 7.51. The second-order valence-electron chi connectivity index (χ2n) is 10.8. The van der Waals surface area contributed by atoms with Crippen LogP contribution in [0.25, 0.3) is 0 Å². The molecular weight excluding hydrogens is 583 g/mol. The van der Waals surface area contributed by atoms with Crippen molar-refractivity contribution in [3.8, 4) is 11.5 Å². The Labute approximate surface area is 258 Å². The predicted molar refractivity (Wildman–Crippen MR) is 169 cm³/mol. The highest BCUT2D eigenvalue weighted by atomic mass is 35.5. The van der Waals surface area contributed by atoms with E-state index in [0.717, 1.165) is 48.6 Å². The summed E-state index contributed by atoms with van der Waals surface area (Å²) in [5.41, 5.74) is 2.35. The molecule has 0 saturated carbocycles. The maximum atomic E-state index is 12.4. The highest BCUT2D eigenvalue weighted by Gasteiger charge is 2.17. The summed E-state index contributed by atoms with van der Waals surface area (Å²) in [5, 5.41) is 3.61. The van der Waals surface area contributed by atoms with Gasteiger partial charge >= 0.3 is 5.97 Å². The summed E-state index contributed by atoms with van der Waals surface area (Å²) in [4.78, 5) is 24.7. The van der Waals surface area contributed by atoms with Gasteiger partial charge in [0.1, 0.15) is 17.2 Å². The number of halogens is 3. The maximum absolute atomic E-state index is 12.4. The molecule has 220 valence electrons. The summed E-state index contributed by atoms with van der Waals surface area (Å²) >= 11 is 18.0. The highest BCUT2D eigenvalue weighted by Crippen LogP contribution is 2.31. The summed E-state index contributed by atoms with van der Waals surface area (Å²) < 4.78 is 11.9. The zero-order chi connectivity index (χ0) is 29.8. The molecule has 0 heterocycles. The van der Waals surface area contributed by atoms with Crippen LogP contribution in [0.2, 0.25) is 15.1 Å². The van der Waals surface area contributed by atoms with E-state index < -0.39 is 5.97 Å². The van der Waals surface area contributed by atoms with E-state index in [-0.39, 0.29) is 21.5 Å². The molecule has 1 N–H and O–H groups in total. The Morgan fingerprint density at radius 3 is 2.05 bits per heavy atom. The SMILES string of the molecule is C[N+](C)(C)c1ccc(CC(=O)NCCCCCCCCOc2ccc(OC(=O)c3cc(Cl)cc(Cl)c3Cl)cc2)cc1. The van der Waals surface area contributed by atoms with E-state index in [2.05, 4.69) is 38.6 Å². The van der Waals surface area contributed by atoms with Crippen molar-refractivity contribution in [1.29, 1.82) is 0 Å². The van der Waals surface area contributed by atoms with Crippen LogP contribution >= 0.6 is 34.8 Å². The third kappa shape index (κ3) is 11.2. The second-order valence-corrected chi connectivity index (χ2v) is 12.0. The van der Waals surface area contributed by atoms with Crippen LogP contribution in [0.1, 0.15) is 54.4 Å². The minimum absolute atomic E-state index is 0.0711. The summed E-state index contributed by atoms with van der Waals surface area (Å²) in [6.45, 7) is 1.33. The molecule has 6 nitrogen and oxygen atoms in total. The van der Waals surface area contributed by atoms with Gasteiger partial charge in [-0.3, -0.25) is 9.28 Å². The Morgan fingerprint density at radius 1 is 0.780 bits per heavy atom. The van der Waals surface area contributed by atoms with Crippen molar-refractivity contribution in [3.05, 3.63) is 86.9 Å². The van der Waals surface area contributed by atoms with Gasteiger partial charge in [-0.05, 0) is 66.9 Å². The average molecular weight is 621 g/mol. The summed E-state index contributed by atoms with van der Waals surface area (Å²) in [6, 6.07) is 17.9. The standard InChI is InChI=1S/C32H37Cl3N2O4/c1-37(2,3)25-12-10-23(11-13-25)20-30(38)36-18-8-6-4-5-7-9-19-40-26-14-16-27(17-15-26)41-32(39)28-21-24(33)22-29(34)31(28)35/h10-17,21-22H,4-9,18-20H2,1-3H3/p+1. The first-order valence-corrected chi connectivity index (χ1v) is 14.9. The van der Waals surface area contributed by atoms with E-state index in [4.69, 9.17) is 44.3 Å². The van der Waals surface area contributed by atoms with Crippen molar-refractivity contribution in [2.24, 2.45) is 0 Å². The fraction of sp³-hybridized carbons (Fsp3) is 0.375. The number of carbonyl (C=O) groups is 2. The summed E-state index contributed by atoms with van der Waals surface area (Å²) in [5.74, 6) is 0.493. The number of unbranched alkanes of at least 4 members (excludes halogenated alkanes) is 5. The van der Waals surface area contributed by atoms with Crippen LogP contribution in [-0.2, 0) is 11.2 Å². The normalized spacial score (nSPS) is 11.3. The quantitative estimate of drug-likeness (QED) is 0.0612. The fourth-order valence-electron chi connectivity index (χ4n) is 4.13. The molecule has 0 atom stereocenters. The largest absolute Gasteiger partial charge is 0.494 e. The predicted octanol–water partition coefficient (Wildman–Crippen LogP) is 8.14. The average Bonchev–Trinajstić information content (AvgIpc) is 2.92. The number of hydrogen-bond donors (Lipinski definition) is 1. The first-order chi connectivity index (χ1) is 19.5. The summed E-state index contributed by atoms with van der Waals surface area (Å²) in [7, 11) is 6.37. The topological polar surface area (TPSA) is 64.6 Å². The molecule has 0 bridgehead atoms. The van der Waals surface area contributed by atoms with Crippen molar-refractivity contribution in [1.82, 2.24) is 9.80 Å². The molecule has 0 aromatic heterocycles. The van der Waals surface area contributed by atoms with E-state index in [1.807, 2.05) is 12.1 Å².